The van der Waals surface area contributed by atoms with Crippen LogP contribution >= 0.6 is 0 Å². The average Bonchev–Trinajstić information content (AvgIpc) is 3.12. The van der Waals surface area contributed by atoms with Crippen LogP contribution in [0, 0.1) is 5.82 Å². The van der Waals surface area contributed by atoms with E-state index in [-0.39, 0.29) is 22.3 Å². The molecule has 0 amide bonds. The molecule has 0 radical (unpaired) electrons. The molecule has 1 fully saturated rings. The molecule has 0 heterocycles. The number of halogens is 1. The summed E-state index contributed by atoms with van der Waals surface area (Å²) in [5.74, 6) is 0.0952. The fourth-order valence-electron chi connectivity index (χ4n) is 3.70. The van der Waals surface area contributed by atoms with Crippen molar-refractivity contribution >= 4 is 10.9 Å². The van der Waals surface area contributed by atoms with Gasteiger partial charge in [-0.25, -0.2) is 4.39 Å². The Morgan fingerprint density at radius 2 is 1.33 bits per heavy atom. The molecule has 4 rings (SSSR count). The summed E-state index contributed by atoms with van der Waals surface area (Å²) in [5, 5.41) is 0. The lowest BCUT2D eigenvalue weighted by Crippen LogP contribution is -2.28. The topological polar surface area (TPSA) is 9.23 Å². The van der Waals surface area contributed by atoms with Crippen molar-refractivity contribution in [3.8, 4) is 5.75 Å². The van der Waals surface area contributed by atoms with Crippen LogP contribution in [0.15, 0.2) is 93.5 Å². The zero-order valence-corrected chi connectivity index (χ0v) is 16.3. The normalized spacial score (nSPS) is 15.8. The quantitative estimate of drug-likeness (QED) is 0.452. The summed E-state index contributed by atoms with van der Waals surface area (Å²) in [5.41, 5.74) is -0.252. The molecular formula is C24H24FOS+. The van der Waals surface area contributed by atoms with Gasteiger partial charge in [0.05, 0.1) is 10.9 Å². The van der Waals surface area contributed by atoms with Crippen LogP contribution in [0.25, 0.3) is 0 Å². The lowest BCUT2D eigenvalue weighted by molar-refractivity contribution is 0.0910. The summed E-state index contributed by atoms with van der Waals surface area (Å²) in [6.07, 6.45) is 4.27. The maximum absolute atomic E-state index is 14.5. The third-order valence-electron chi connectivity index (χ3n) is 5.11. The summed E-state index contributed by atoms with van der Waals surface area (Å²) in [4.78, 5) is 3.51. The van der Waals surface area contributed by atoms with Crippen molar-refractivity contribution in [3.63, 3.8) is 0 Å². The molecule has 0 spiro atoms. The van der Waals surface area contributed by atoms with Crippen LogP contribution in [0.3, 0.4) is 0 Å². The lowest BCUT2D eigenvalue weighted by Gasteiger charge is -2.26. The van der Waals surface area contributed by atoms with E-state index in [0.717, 1.165) is 30.6 Å². The van der Waals surface area contributed by atoms with Crippen LogP contribution in [0.1, 0.15) is 32.6 Å². The van der Waals surface area contributed by atoms with Gasteiger partial charge in [0.1, 0.15) is 5.60 Å². The van der Waals surface area contributed by atoms with E-state index < -0.39 is 0 Å². The van der Waals surface area contributed by atoms with E-state index in [1.165, 1.54) is 9.79 Å². The van der Waals surface area contributed by atoms with E-state index >= 15 is 0 Å². The molecule has 27 heavy (non-hydrogen) atoms. The van der Waals surface area contributed by atoms with E-state index in [2.05, 4.69) is 55.5 Å². The van der Waals surface area contributed by atoms with E-state index in [1.54, 1.807) is 6.07 Å². The van der Waals surface area contributed by atoms with Gasteiger partial charge in [-0.1, -0.05) is 36.4 Å². The standard InChI is InChI=1S/C24H24FOS/c1-24(16-8-9-17-24)26-23-18-21(14-15-22(23)25)27(19-10-4-2-5-11-19)20-12-6-3-7-13-20/h2-7,10-15,18H,8-9,16-17H2,1H3/q+1. The molecule has 1 aliphatic rings. The van der Waals surface area contributed by atoms with E-state index in [0.29, 0.717) is 5.75 Å². The van der Waals surface area contributed by atoms with Gasteiger partial charge in [-0.2, -0.15) is 0 Å². The van der Waals surface area contributed by atoms with Crippen LogP contribution in [-0.2, 0) is 10.9 Å². The van der Waals surface area contributed by atoms with Gasteiger partial charge < -0.3 is 4.74 Å². The van der Waals surface area contributed by atoms with Crippen LogP contribution < -0.4 is 4.74 Å². The molecule has 0 atom stereocenters. The van der Waals surface area contributed by atoms with Crippen molar-refractivity contribution in [2.24, 2.45) is 0 Å². The minimum Gasteiger partial charge on any atom is -0.484 e. The van der Waals surface area contributed by atoms with Crippen molar-refractivity contribution in [1.29, 1.82) is 0 Å². The molecule has 1 saturated carbocycles. The van der Waals surface area contributed by atoms with E-state index in [4.69, 9.17) is 4.74 Å². The molecule has 0 bridgehead atoms. The summed E-state index contributed by atoms with van der Waals surface area (Å²) < 4.78 is 20.7. The van der Waals surface area contributed by atoms with Gasteiger partial charge in [0, 0.05) is 6.07 Å². The third-order valence-corrected chi connectivity index (χ3v) is 7.33. The highest BCUT2D eigenvalue weighted by Crippen LogP contribution is 2.38. The first kappa shape index (κ1) is 18.1. The van der Waals surface area contributed by atoms with E-state index in [9.17, 15) is 4.39 Å². The zero-order valence-electron chi connectivity index (χ0n) is 15.5. The van der Waals surface area contributed by atoms with Crippen molar-refractivity contribution in [2.45, 2.75) is 52.9 Å². The highest BCUT2D eigenvalue weighted by Gasteiger charge is 2.34. The van der Waals surface area contributed by atoms with Crippen LogP contribution in [-0.4, -0.2) is 5.60 Å². The molecule has 0 saturated heterocycles. The van der Waals surface area contributed by atoms with Gasteiger partial charge in [-0.05, 0) is 69.0 Å². The Kier molecular flexibility index (Phi) is 5.22. The molecule has 0 aliphatic heterocycles. The molecule has 3 aromatic rings. The second kappa shape index (κ2) is 7.77. The Morgan fingerprint density at radius 1 is 0.778 bits per heavy atom. The summed E-state index contributed by atoms with van der Waals surface area (Å²) in [6.45, 7) is 2.10. The molecule has 0 N–H and O–H groups in total. The predicted octanol–water partition coefficient (Wildman–Crippen LogP) is 6.63. The second-order valence-corrected chi connectivity index (χ2v) is 9.31. The summed E-state index contributed by atoms with van der Waals surface area (Å²) in [7, 11) is -0.297. The Labute approximate surface area is 163 Å². The van der Waals surface area contributed by atoms with Gasteiger partial charge >= 0.3 is 0 Å². The van der Waals surface area contributed by atoms with Crippen molar-refractivity contribution in [1.82, 2.24) is 0 Å². The van der Waals surface area contributed by atoms with Gasteiger partial charge in [0.15, 0.2) is 26.3 Å². The average molecular weight is 380 g/mol. The number of hydrogen-bond acceptors (Lipinski definition) is 1. The van der Waals surface area contributed by atoms with E-state index in [1.807, 2.05) is 24.3 Å². The molecule has 0 unspecified atom stereocenters. The Morgan fingerprint density at radius 3 is 1.89 bits per heavy atom. The van der Waals surface area contributed by atoms with Crippen LogP contribution in [0.4, 0.5) is 4.39 Å². The maximum Gasteiger partial charge on any atom is 0.170 e. The first-order valence-electron chi connectivity index (χ1n) is 9.48. The smallest absolute Gasteiger partial charge is 0.170 e. The van der Waals surface area contributed by atoms with Gasteiger partial charge in [0.2, 0.25) is 0 Å². The Balaban J connectivity index is 1.75. The SMILES string of the molecule is CC1(Oc2cc([S+](c3ccccc3)c3ccccc3)ccc2F)CCCC1. The first-order valence-corrected chi connectivity index (χ1v) is 10.7. The lowest BCUT2D eigenvalue weighted by atomic mass is 10.1. The van der Waals surface area contributed by atoms with Gasteiger partial charge in [0.25, 0.3) is 0 Å². The number of benzene rings is 3. The van der Waals surface area contributed by atoms with Gasteiger partial charge in [-0.3, -0.25) is 0 Å². The number of ether oxygens (including phenoxy) is 1. The highest BCUT2D eigenvalue weighted by molar-refractivity contribution is 7.97. The molecule has 3 heteroatoms. The van der Waals surface area contributed by atoms with Crippen LogP contribution in [0.2, 0.25) is 0 Å². The third kappa shape index (κ3) is 4.03. The first-order chi connectivity index (χ1) is 13.1. The second-order valence-electron chi connectivity index (χ2n) is 7.28. The molecule has 1 aliphatic carbocycles. The van der Waals surface area contributed by atoms with Crippen LogP contribution in [0.5, 0.6) is 5.75 Å². The zero-order chi connectivity index (χ0) is 18.7. The number of rotatable bonds is 5. The van der Waals surface area contributed by atoms with Crippen molar-refractivity contribution in [2.75, 3.05) is 0 Å². The molecule has 3 aromatic carbocycles. The van der Waals surface area contributed by atoms with Gasteiger partial charge in [-0.15, -0.1) is 0 Å². The molecular weight excluding hydrogens is 355 g/mol. The maximum atomic E-state index is 14.5. The summed E-state index contributed by atoms with van der Waals surface area (Å²) >= 11 is 0. The fourth-order valence-corrected chi connectivity index (χ4v) is 5.80. The van der Waals surface area contributed by atoms with Crippen molar-refractivity contribution < 1.29 is 9.13 Å². The largest absolute Gasteiger partial charge is 0.484 e. The monoisotopic (exact) mass is 379 g/mol. The molecule has 138 valence electrons. The van der Waals surface area contributed by atoms with Crippen molar-refractivity contribution in [3.05, 3.63) is 84.7 Å². The number of hydrogen-bond donors (Lipinski definition) is 0. The predicted molar refractivity (Wildman–Crippen MR) is 109 cm³/mol. The molecule has 0 aromatic heterocycles. The highest BCUT2D eigenvalue weighted by atomic mass is 32.2. The minimum absolute atomic E-state index is 0.252. The summed E-state index contributed by atoms with van der Waals surface area (Å²) in [6, 6.07) is 26.2. The molecule has 1 nitrogen and oxygen atoms in total. The fraction of sp³-hybridized carbons (Fsp3) is 0.250. The Hall–Kier alpha value is -2.26. The Bertz CT molecular complexity index is 849. The minimum atomic E-state index is -0.297.